The molecule has 0 amide bonds. The summed E-state index contributed by atoms with van der Waals surface area (Å²) < 4.78 is 34.7. The van der Waals surface area contributed by atoms with Crippen LogP contribution in [0.3, 0.4) is 0 Å². The normalized spacial score (nSPS) is 18.3. The third-order valence-corrected chi connectivity index (χ3v) is 4.17. The summed E-state index contributed by atoms with van der Waals surface area (Å²) in [5, 5.41) is 4.39. The first-order valence-corrected chi connectivity index (χ1v) is 7.74. The number of nitrogens with zero attached hydrogens (tertiary/aromatic N) is 4. The van der Waals surface area contributed by atoms with Crippen molar-refractivity contribution in [2.24, 2.45) is 0 Å². The summed E-state index contributed by atoms with van der Waals surface area (Å²) in [6.45, 7) is 3.46. The monoisotopic (exact) mass is 330 g/mol. The van der Waals surface area contributed by atoms with Crippen LogP contribution >= 0.6 is 0 Å². The smallest absolute Gasteiger partial charge is 0.154 e. The highest BCUT2D eigenvalue weighted by molar-refractivity contribution is 5.69. The zero-order valence-corrected chi connectivity index (χ0v) is 13.1. The molecule has 1 aliphatic heterocycles. The highest BCUT2D eigenvalue weighted by Gasteiger charge is 2.26. The minimum absolute atomic E-state index is 0.359. The molecule has 3 heterocycles. The lowest BCUT2D eigenvalue weighted by molar-refractivity contribution is 0.0373. The molecule has 0 N–H and O–H groups in total. The number of morpholine rings is 1. The van der Waals surface area contributed by atoms with Gasteiger partial charge in [-0.25, -0.2) is 18.3 Å². The van der Waals surface area contributed by atoms with Crippen LogP contribution in [0.5, 0.6) is 0 Å². The number of aryl methyl sites for hydroxylation is 1. The van der Waals surface area contributed by atoms with E-state index < -0.39 is 17.7 Å². The number of hydrogen-bond donors (Lipinski definition) is 0. The fourth-order valence-corrected chi connectivity index (χ4v) is 3.07. The van der Waals surface area contributed by atoms with Gasteiger partial charge < -0.3 is 9.64 Å². The van der Waals surface area contributed by atoms with Crippen LogP contribution < -0.4 is 4.90 Å². The lowest BCUT2D eigenvalue weighted by Crippen LogP contribution is -2.39. The number of hydrogen-bond acceptors (Lipinski definition) is 4. The summed E-state index contributed by atoms with van der Waals surface area (Å²) in [5.41, 5.74) is 2.16. The van der Waals surface area contributed by atoms with Crippen LogP contribution in [0.1, 0.15) is 17.4 Å². The molecule has 2 aromatic heterocycles. The largest absolute Gasteiger partial charge is 0.370 e. The molecular formula is C17H16F2N4O. The highest BCUT2D eigenvalue weighted by Crippen LogP contribution is 2.29. The number of anilines is 1. The molecule has 1 atom stereocenters. The third kappa shape index (κ3) is 2.60. The van der Waals surface area contributed by atoms with E-state index >= 15 is 0 Å². The molecule has 5 nitrogen and oxygen atoms in total. The number of halogens is 2. The Balaban J connectivity index is 1.67. The molecule has 24 heavy (non-hydrogen) atoms. The van der Waals surface area contributed by atoms with E-state index in [0.29, 0.717) is 25.3 Å². The van der Waals surface area contributed by atoms with E-state index in [2.05, 4.69) is 10.1 Å². The molecule has 0 radical (unpaired) electrons. The molecule has 0 bridgehead atoms. The van der Waals surface area contributed by atoms with Gasteiger partial charge in [0.05, 0.1) is 18.8 Å². The summed E-state index contributed by atoms with van der Waals surface area (Å²) >= 11 is 0. The van der Waals surface area contributed by atoms with Crippen LogP contribution in [0.4, 0.5) is 14.6 Å². The molecule has 1 fully saturated rings. The number of rotatable bonds is 2. The second-order valence-corrected chi connectivity index (χ2v) is 5.84. The second kappa shape index (κ2) is 5.83. The van der Waals surface area contributed by atoms with Crippen molar-refractivity contribution in [2.45, 2.75) is 13.0 Å². The molecule has 0 saturated carbocycles. The Bertz CT molecular complexity index is 895. The van der Waals surface area contributed by atoms with Gasteiger partial charge in [-0.05, 0) is 19.1 Å². The molecule has 1 aromatic carbocycles. The summed E-state index contributed by atoms with van der Waals surface area (Å²) in [6.07, 6.45) is 3.02. The third-order valence-electron chi connectivity index (χ3n) is 4.17. The zero-order chi connectivity index (χ0) is 16.7. The van der Waals surface area contributed by atoms with Gasteiger partial charge in [-0.1, -0.05) is 6.07 Å². The minimum Gasteiger partial charge on any atom is -0.370 e. The van der Waals surface area contributed by atoms with E-state index in [-0.39, 0.29) is 0 Å². The Morgan fingerprint density at radius 3 is 2.96 bits per heavy atom. The maximum absolute atomic E-state index is 14.1. The molecule has 0 aliphatic carbocycles. The van der Waals surface area contributed by atoms with Crippen molar-refractivity contribution in [3.63, 3.8) is 0 Å². The predicted molar refractivity (Wildman–Crippen MR) is 85.0 cm³/mol. The Kier molecular flexibility index (Phi) is 3.65. The number of aromatic nitrogens is 3. The van der Waals surface area contributed by atoms with Crippen LogP contribution in [0.15, 0.2) is 36.7 Å². The topological polar surface area (TPSA) is 42.7 Å². The first-order chi connectivity index (χ1) is 11.6. The summed E-state index contributed by atoms with van der Waals surface area (Å²) in [5.74, 6) is -0.396. The van der Waals surface area contributed by atoms with Crippen molar-refractivity contribution in [3.05, 3.63) is 59.6 Å². The Hall–Kier alpha value is -2.54. The first kappa shape index (κ1) is 15.0. The molecule has 0 unspecified atom stereocenters. The minimum atomic E-state index is -0.593. The molecular weight excluding hydrogens is 314 g/mol. The van der Waals surface area contributed by atoms with Gasteiger partial charge in [-0.15, -0.1) is 0 Å². The van der Waals surface area contributed by atoms with Crippen LogP contribution in [0, 0.1) is 18.6 Å². The molecule has 1 aliphatic rings. The lowest BCUT2D eigenvalue weighted by atomic mass is 10.1. The fourth-order valence-electron chi connectivity index (χ4n) is 3.07. The Morgan fingerprint density at radius 1 is 1.25 bits per heavy atom. The van der Waals surface area contributed by atoms with E-state index in [1.165, 1.54) is 12.1 Å². The van der Waals surface area contributed by atoms with Crippen LogP contribution in [-0.4, -0.2) is 34.3 Å². The zero-order valence-electron chi connectivity index (χ0n) is 13.1. The average molecular weight is 330 g/mol. The summed E-state index contributed by atoms with van der Waals surface area (Å²) in [6, 6.07) is 5.54. The van der Waals surface area contributed by atoms with Gasteiger partial charge >= 0.3 is 0 Å². The summed E-state index contributed by atoms with van der Waals surface area (Å²) in [4.78, 5) is 6.51. The molecule has 4 rings (SSSR count). The van der Waals surface area contributed by atoms with Crippen LogP contribution in [0.25, 0.3) is 5.52 Å². The van der Waals surface area contributed by atoms with Crippen LogP contribution in [0.2, 0.25) is 0 Å². The highest BCUT2D eigenvalue weighted by atomic mass is 19.1. The van der Waals surface area contributed by atoms with Gasteiger partial charge in [0.2, 0.25) is 0 Å². The second-order valence-electron chi connectivity index (χ2n) is 5.84. The van der Waals surface area contributed by atoms with Crippen molar-refractivity contribution < 1.29 is 13.5 Å². The van der Waals surface area contributed by atoms with E-state index in [4.69, 9.17) is 4.74 Å². The van der Waals surface area contributed by atoms with Gasteiger partial charge in [0.25, 0.3) is 0 Å². The quantitative estimate of drug-likeness (QED) is 0.725. The van der Waals surface area contributed by atoms with Gasteiger partial charge in [0.15, 0.2) is 5.82 Å². The lowest BCUT2D eigenvalue weighted by Gasteiger charge is -2.34. The maximum Gasteiger partial charge on any atom is 0.154 e. The van der Waals surface area contributed by atoms with Crippen molar-refractivity contribution in [3.8, 4) is 0 Å². The fraction of sp³-hybridized carbons (Fsp3) is 0.294. The standard InChI is InChI=1S/C17H16F2N4O/c1-11-8-15-17(20-4-5-23(15)21-11)22-6-7-24-16(10-22)13-3-2-12(18)9-14(13)19/h2-5,8-9,16H,6-7,10H2,1H3/t16-/m1/s1. The van der Waals surface area contributed by atoms with E-state index in [9.17, 15) is 8.78 Å². The van der Waals surface area contributed by atoms with Gasteiger partial charge in [0, 0.05) is 30.6 Å². The molecule has 0 spiro atoms. The van der Waals surface area contributed by atoms with Crippen molar-refractivity contribution in [1.82, 2.24) is 14.6 Å². The number of fused-ring (bicyclic) bond motifs is 1. The molecule has 7 heteroatoms. The van der Waals surface area contributed by atoms with Crippen molar-refractivity contribution in [1.29, 1.82) is 0 Å². The molecule has 124 valence electrons. The van der Waals surface area contributed by atoms with Crippen molar-refractivity contribution >= 4 is 11.3 Å². The molecule has 3 aromatic rings. The maximum atomic E-state index is 14.1. The van der Waals surface area contributed by atoms with E-state index in [1.807, 2.05) is 17.9 Å². The van der Waals surface area contributed by atoms with Crippen molar-refractivity contribution in [2.75, 3.05) is 24.6 Å². The number of benzene rings is 1. The van der Waals surface area contributed by atoms with E-state index in [0.717, 1.165) is 23.1 Å². The number of ether oxygens (including phenoxy) is 1. The van der Waals surface area contributed by atoms with E-state index in [1.54, 1.807) is 16.9 Å². The Morgan fingerprint density at radius 2 is 2.12 bits per heavy atom. The summed E-state index contributed by atoms with van der Waals surface area (Å²) in [7, 11) is 0. The molecule has 1 saturated heterocycles. The van der Waals surface area contributed by atoms with Gasteiger partial charge in [0.1, 0.15) is 23.3 Å². The average Bonchev–Trinajstić information content (AvgIpc) is 2.95. The SMILES string of the molecule is Cc1cc2c(N3CCO[C@@H](c4ccc(F)cc4F)C3)nccn2n1. The first-order valence-electron chi connectivity index (χ1n) is 7.74. The predicted octanol–water partition coefficient (Wildman–Crippen LogP) is 2.89. The van der Waals surface area contributed by atoms with Gasteiger partial charge in [-0.2, -0.15) is 5.10 Å². The Labute approximate surface area is 137 Å². The van der Waals surface area contributed by atoms with Gasteiger partial charge in [-0.3, -0.25) is 0 Å². The van der Waals surface area contributed by atoms with Crippen LogP contribution in [-0.2, 0) is 4.74 Å².